The number of halogens is 1. The molecule has 2 fully saturated rings. The molecule has 9 atom stereocenters. The van der Waals surface area contributed by atoms with Crippen molar-refractivity contribution in [1.29, 1.82) is 0 Å². The van der Waals surface area contributed by atoms with Gasteiger partial charge in [-0.05, 0) is 6.92 Å². The maximum Gasteiger partial charge on any atom is 0.330 e. The van der Waals surface area contributed by atoms with Crippen molar-refractivity contribution in [1.82, 2.24) is 9.55 Å². The number of rotatable bonds is 4. The summed E-state index contributed by atoms with van der Waals surface area (Å²) in [7, 11) is 0. The summed E-state index contributed by atoms with van der Waals surface area (Å²) in [6, 6.07) is 0.783. The maximum absolute atomic E-state index is 15.5. The van der Waals surface area contributed by atoms with E-state index < -0.39 is 72.2 Å². The van der Waals surface area contributed by atoms with E-state index in [2.05, 4.69) is 0 Å². The van der Waals surface area contributed by atoms with Crippen LogP contribution in [0.5, 0.6) is 0 Å². The van der Waals surface area contributed by atoms with Crippen LogP contribution in [0.1, 0.15) is 6.92 Å². The van der Waals surface area contributed by atoms with Crippen molar-refractivity contribution >= 4 is 0 Å². The second kappa shape index (κ2) is 6.96. The van der Waals surface area contributed by atoms with Crippen LogP contribution in [0.2, 0.25) is 0 Å². The van der Waals surface area contributed by atoms with E-state index in [1.54, 1.807) is 0 Å². The quantitative estimate of drug-likeness (QED) is 0.255. The first-order valence-corrected chi connectivity index (χ1v) is 8.39. The lowest BCUT2D eigenvalue weighted by atomic mass is 9.90. The topological polar surface area (TPSA) is 195 Å². The molecule has 0 radical (unpaired) electrons. The number of aliphatic hydroxyl groups excluding tert-OH is 5. The van der Waals surface area contributed by atoms with Gasteiger partial charge in [0.05, 0.1) is 12.7 Å². The molecule has 2 saturated heterocycles. The summed E-state index contributed by atoms with van der Waals surface area (Å²) in [6.07, 6.45) is -12.0. The Morgan fingerprint density at radius 1 is 1.32 bits per heavy atom. The average Bonchev–Trinajstić information content (AvgIpc) is 3.02. The van der Waals surface area contributed by atoms with Crippen LogP contribution in [-0.2, 0) is 15.2 Å². The largest absolute Gasteiger partial charge is 0.394 e. The highest BCUT2D eigenvalue weighted by molar-refractivity contribution is 5.14. The summed E-state index contributed by atoms with van der Waals surface area (Å²) in [5, 5.41) is 60.2. The van der Waals surface area contributed by atoms with Crippen LogP contribution in [0.3, 0.4) is 0 Å². The Hall–Kier alpha value is -1.71. The Balaban J connectivity index is 2.25. The smallest absolute Gasteiger partial charge is 0.330 e. The standard InChI is InChI=1S/C15H21FN2O10/c1-5(20)10-8(22)9(23)12(27-10)15(18-3-2-7(21)17-13(18)25)14(16,26)11(24)6(4-19)28-15/h2-3,5-6,8-12,19-20,22-24,26H,4H2,1H3,(H,17,21,25)/t5-,6+,8-,9-,10+,11+,12?,14+,15+/m0/s1. The number of aliphatic hydroxyl groups is 6. The molecule has 0 saturated carbocycles. The van der Waals surface area contributed by atoms with Crippen LogP contribution in [0.25, 0.3) is 0 Å². The molecular weight excluding hydrogens is 387 g/mol. The molecule has 0 bridgehead atoms. The molecule has 3 rings (SSSR count). The number of aromatic nitrogens is 2. The molecule has 1 aromatic rings. The summed E-state index contributed by atoms with van der Waals surface area (Å²) in [4.78, 5) is 25.5. The van der Waals surface area contributed by atoms with E-state index in [4.69, 9.17) is 9.47 Å². The number of nitrogens with one attached hydrogen (secondary N) is 1. The fourth-order valence-corrected chi connectivity index (χ4v) is 3.71. The molecular formula is C15H21FN2O10. The minimum atomic E-state index is -3.83. The molecule has 7 N–H and O–H groups in total. The summed E-state index contributed by atoms with van der Waals surface area (Å²) in [5.74, 6) is -3.83. The Labute approximate surface area is 156 Å². The van der Waals surface area contributed by atoms with Gasteiger partial charge in [-0.15, -0.1) is 0 Å². The van der Waals surface area contributed by atoms with Crippen LogP contribution in [0, 0.1) is 0 Å². The first kappa shape index (κ1) is 21.0. The van der Waals surface area contributed by atoms with E-state index in [0.717, 1.165) is 12.3 Å². The van der Waals surface area contributed by atoms with Gasteiger partial charge >= 0.3 is 5.69 Å². The van der Waals surface area contributed by atoms with Gasteiger partial charge in [0, 0.05) is 12.3 Å². The van der Waals surface area contributed by atoms with Crippen LogP contribution in [0.15, 0.2) is 21.9 Å². The molecule has 1 unspecified atom stereocenters. The van der Waals surface area contributed by atoms with E-state index in [1.807, 2.05) is 4.98 Å². The van der Waals surface area contributed by atoms with Gasteiger partial charge in [-0.3, -0.25) is 14.3 Å². The number of hydrogen-bond acceptors (Lipinski definition) is 10. The van der Waals surface area contributed by atoms with Crippen molar-refractivity contribution in [3.63, 3.8) is 0 Å². The van der Waals surface area contributed by atoms with Crippen molar-refractivity contribution in [3.8, 4) is 0 Å². The summed E-state index contributed by atoms with van der Waals surface area (Å²) in [5.41, 5.74) is -5.18. The van der Waals surface area contributed by atoms with Gasteiger partial charge < -0.3 is 40.1 Å². The molecule has 1 aromatic heterocycles. The summed E-state index contributed by atoms with van der Waals surface area (Å²) in [6.45, 7) is 0.225. The van der Waals surface area contributed by atoms with Gasteiger partial charge in [0.15, 0.2) is 0 Å². The highest BCUT2D eigenvalue weighted by atomic mass is 19.2. The van der Waals surface area contributed by atoms with E-state index in [1.165, 1.54) is 6.92 Å². The molecule has 0 aromatic carbocycles. The molecule has 0 spiro atoms. The van der Waals surface area contributed by atoms with Crippen LogP contribution < -0.4 is 11.2 Å². The number of alkyl halides is 1. The minimum Gasteiger partial charge on any atom is -0.394 e. The lowest BCUT2D eigenvalue weighted by molar-refractivity contribution is -0.310. The number of aromatic amines is 1. The van der Waals surface area contributed by atoms with Gasteiger partial charge in [0.2, 0.25) is 5.72 Å². The fraction of sp³-hybridized carbons (Fsp3) is 0.733. The summed E-state index contributed by atoms with van der Waals surface area (Å²) < 4.78 is 26.5. The number of hydrogen-bond donors (Lipinski definition) is 7. The zero-order valence-electron chi connectivity index (χ0n) is 14.5. The van der Waals surface area contributed by atoms with Gasteiger partial charge in [0.1, 0.15) is 36.6 Å². The Morgan fingerprint density at radius 2 is 1.96 bits per heavy atom. The first-order chi connectivity index (χ1) is 13.0. The third-order valence-electron chi connectivity index (χ3n) is 5.10. The van der Waals surface area contributed by atoms with Crippen molar-refractivity contribution in [2.24, 2.45) is 0 Å². The van der Waals surface area contributed by atoms with Crippen LogP contribution in [-0.4, -0.2) is 95.4 Å². The van der Waals surface area contributed by atoms with Crippen molar-refractivity contribution in [2.45, 2.75) is 61.2 Å². The van der Waals surface area contributed by atoms with E-state index in [0.29, 0.717) is 4.57 Å². The zero-order chi connectivity index (χ0) is 21.0. The molecule has 2 aliphatic heterocycles. The van der Waals surface area contributed by atoms with E-state index in [9.17, 15) is 40.2 Å². The highest BCUT2D eigenvalue weighted by Gasteiger charge is 2.75. The summed E-state index contributed by atoms with van der Waals surface area (Å²) >= 11 is 0. The highest BCUT2D eigenvalue weighted by Crippen LogP contribution is 2.50. The molecule has 0 aliphatic carbocycles. The van der Waals surface area contributed by atoms with Gasteiger partial charge in [0.25, 0.3) is 11.4 Å². The van der Waals surface area contributed by atoms with Gasteiger partial charge in [-0.2, -0.15) is 0 Å². The Bertz CT molecular complexity index is 841. The third-order valence-corrected chi connectivity index (χ3v) is 5.10. The maximum atomic E-state index is 15.5. The average molecular weight is 408 g/mol. The van der Waals surface area contributed by atoms with Crippen molar-refractivity contribution < 1.29 is 44.5 Å². The predicted octanol–water partition coefficient (Wildman–Crippen LogP) is -4.53. The number of nitrogens with zero attached hydrogens (tertiary/aromatic N) is 1. The molecule has 3 heterocycles. The molecule has 158 valence electrons. The van der Waals surface area contributed by atoms with E-state index >= 15 is 4.39 Å². The van der Waals surface area contributed by atoms with Crippen LogP contribution >= 0.6 is 0 Å². The third kappa shape index (κ3) is 2.74. The minimum absolute atomic E-state index is 0.346. The molecule has 13 heteroatoms. The lowest BCUT2D eigenvalue weighted by Gasteiger charge is -2.41. The predicted molar refractivity (Wildman–Crippen MR) is 85.7 cm³/mol. The van der Waals surface area contributed by atoms with Crippen LogP contribution in [0.4, 0.5) is 4.39 Å². The monoisotopic (exact) mass is 408 g/mol. The zero-order valence-corrected chi connectivity index (χ0v) is 14.5. The molecule has 28 heavy (non-hydrogen) atoms. The van der Waals surface area contributed by atoms with Gasteiger partial charge in [-0.25, -0.2) is 9.18 Å². The lowest BCUT2D eigenvalue weighted by Crippen LogP contribution is -2.66. The Kier molecular flexibility index (Phi) is 5.23. The van der Waals surface area contributed by atoms with Crippen molar-refractivity contribution in [3.05, 3.63) is 33.1 Å². The number of ether oxygens (including phenoxy) is 2. The molecule has 0 amide bonds. The molecule has 12 nitrogen and oxygen atoms in total. The number of H-pyrrole nitrogens is 1. The second-order valence-corrected chi connectivity index (χ2v) is 6.88. The van der Waals surface area contributed by atoms with Gasteiger partial charge in [-0.1, -0.05) is 0 Å². The normalized spacial score (nSPS) is 44.7. The SMILES string of the molecule is C[C@H](O)[C@H]1OC([C@@]2(n3ccc(=O)[nH]c3=O)O[C@H](CO)[C@@H](O)[C@]2(O)F)[C@@H](O)[C@@H]1O. The van der Waals surface area contributed by atoms with E-state index in [-0.39, 0.29) is 0 Å². The Morgan fingerprint density at radius 3 is 2.43 bits per heavy atom. The molecule has 2 aliphatic rings. The van der Waals surface area contributed by atoms with Crippen molar-refractivity contribution in [2.75, 3.05) is 6.61 Å². The first-order valence-electron chi connectivity index (χ1n) is 8.39. The second-order valence-electron chi connectivity index (χ2n) is 6.88. The fourth-order valence-electron chi connectivity index (χ4n) is 3.71.